The van der Waals surface area contributed by atoms with E-state index in [0.717, 1.165) is 6.61 Å². The molecule has 7 nitrogen and oxygen atoms in total. The lowest BCUT2D eigenvalue weighted by molar-refractivity contribution is 0.0185. The Hall–Kier alpha value is -1.80. The molecule has 1 aliphatic heterocycles. The molecule has 0 radical (unpaired) electrons. The highest BCUT2D eigenvalue weighted by molar-refractivity contribution is 6.21. The monoisotopic (exact) mass is 324 g/mol. The van der Waals surface area contributed by atoms with Crippen molar-refractivity contribution >= 4 is 11.8 Å². The Labute approximate surface area is 136 Å². The maximum absolute atomic E-state index is 10.9. The summed E-state index contributed by atoms with van der Waals surface area (Å²) in [5, 5.41) is 2.20. The average Bonchev–Trinajstić information content (AvgIpc) is 2.86. The van der Waals surface area contributed by atoms with E-state index >= 15 is 0 Å². The van der Waals surface area contributed by atoms with E-state index in [4.69, 9.17) is 19.9 Å². The van der Waals surface area contributed by atoms with E-state index in [1.165, 1.54) is 0 Å². The minimum Gasteiger partial charge on any atom is -0.379 e. The number of carbonyl (C=O) groups excluding carboxylic acids is 2. The van der Waals surface area contributed by atoms with Crippen molar-refractivity contribution in [3.8, 4) is 0 Å². The molecule has 0 aliphatic carbocycles. The Morgan fingerprint density at radius 1 is 0.870 bits per heavy atom. The molecule has 0 spiro atoms. The van der Waals surface area contributed by atoms with Crippen LogP contribution in [-0.4, -0.2) is 58.0 Å². The molecule has 3 N–H and O–H groups in total. The first-order valence-corrected chi connectivity index (χ1v) is 7.58. The lowest BCUT2D eigenvalue weighted by Gasteiger charge is -2.04. The van der Waals surface area contributed by atoms with Crippen LogP contribution in [0.1, 0.15) is 27.6 Å². The van der Waals surface area contributed by atoms with Gasteiger partial charge in [0.2, 0.25) is 0 Å². The van der Waals surface area contributed by atoms with Crippen molar-refractivity contribution in [1.82, 2.24) is 5.32 Å². The summed E-state index contributed by atoms with van der Waals surface area (Å²) in [4.78, 5) is 21.9. The van der Waals surface area contributed by atoms with Crippen LogP contribution in [-0.2, 0) is 14.2 Å². The summed E-state index contributed by atoms with van der Waals surface area (Å²) in [6, 6.07) is 6.74. The highest BCUT2D eigenvalue weighted by Crippen LogP contribution is 2.13. The van der Waals surface area contributed by atoms with Gasteiger partial charge < -0.3 is 19.9 Å². The molecule has 128 valence electrons. The zero-order valence-corrected chi connectivity index (χ0v) is 13.4. The number of hydrogen-bond donors (Lipinski definition) is 2. The molecule has 1 aromatic carbocycles. The van der Waals surface area contributed by atoms with Crippen LogP contribution in [0.2, 0.25) is 0 Å². The zero-order valence-electron chi connectivity index (χ0n) is 13.4. The lowest BCUT2D eigenvalue weighted by Crippen LogP contribution is -2.19. The van der Waals surface area contributed by atoms with Gasteiger partial charge in [-0.2, -0.15) is 0 Å². The molecule has 0 fully saturated rings. The minimum absolute atomic E-state index is 0.300. The number of amides is 2. The van der Waals surface area contributed by atoms with Crippen molar-refractivity contribution in [3.05, 3.63) is 35.4 Å². The van der Waals surface area contributed by atoms with Crippen molar-refractivity contribution in [2.45, 2.75) is 6.92 Å². The van der Waals surface area contributed by atoms with Gasteiger partial charge in [0.25, 0.3) is 11.8 Å². The number of nitrogens with two attached hydrogens (primary N) is 1. The van der Waals surface area contributed by atoms with Crippen LogP contribution in [0.5, 0.6) is 0 Å². The van der Waals surface area contributed by atoms with Gasteiger partial charge in [0.1, 0.15) is 0 Å². The van der Waals surface area contributed by atoms with E-state index in [-0.39, 0.29) is 11.8 Å². The Kier molecular flexibility index (Phi) is 9.81. The number of fused-ring (bicyclic) bond motifs is 1. The van der Waals surface area contributed by atoms with Gasteiger partial charge in [0, 0.05) is 13.2 Å². The fourth-order valence-electron chi connectivity index (χ4n) is 1.78. The molecule has 1 heterocycles. The molecule has 2 rings (SSSR count). The van der Waals surface area contributed by atoms with Gasteiger partial charge >= 0.3 is 0 Å². The van der Waals surface area contributed by atoms with E-state index in [1.54, 1.807) is 24.3 Å². The molecule has 1 aliphatic rings. The van der Waals surface area contributed by atoms with Crippen LogP contribution < -0.4 is 11.1 Å². The highest BCUT2D eigenvalue weighted by Gasteiger charge is 2.25. The molecular weight excluding hydrogens is 300 g/mol. The number of imide groups is 1. The van der Waals surface area contributed by atoms with Gasteiger partial charge in [-0.05, 0) is 19.1 Å². The van der Waals surface area contributed by atoms with Crippen LogP contribution in [0.25, 0.3) is 0 Å². The maximum atomic E-state index is 10.9. The van der Waals surface area contributed by atoms with Gasteiger partial charge in [-0.15, -0.1) is 0 Å². The fraction of sp³-hybridized carbons (Fsp3) is 0.500. The second kappa shape index (κ2) is 11.7. The molecule has 0 unspecified atom stereocenters. The van der Waals surface area contributed by atoms with Crippen molar-refractivity contribution in [2.75, 3.05) is 46.2 Å². The molecular formula is C16H24N2O5. The summed E-state index contributed by atoms with van der Waals surface area (Å²) in [5.74, 6) is -0.601. The van der Waals surface area contributed by atoms with Crippen LogP contribution in [0.3, 0.4) is 0 Å². The summed E-state index contributed by atoms with van der Waals surface area (Å²) in [7, 11) is 0. The van der Waals surface area contributed by atoms with Gasteiger partial charge in [-0.25, -0.2) is 0 Å². The molecule has 0 atom stereocenters. The minimum atomic E-state index is -0.300. The van der Waals surface area contributed by atoms with Gasteiger partial charge in [0.15, 0.2) is 0 Å². The first-order valence-electron chi connectivity index (χ1n) is 7.58. The van der Waals surface area contributed by atoms with E-state index in [9.17, 15) is 9.59 Å². The topological polar surface area (TPSA) is 99.9 Å². The smallest absolute Gasteiger partial charge is 0.258 e. The second-order valence-corrected chi connectivity index (χ2v) is 4.54. The normalized spacial score (nSPS) is 12.4. The van der Waals surface area contributed by atoms with E-state index in [2.05, 4.69) is 5.32 Å². The molecule has 1 aromatic rings. The van der Waals surface area contributed by atoms with Gasteiger partial charge in [-0.1, -0.05) is 12.1 Å². The number of rotatable bonds is 9. The first-order chi connectivity index (χ1) is 11.2. The van der Waals surface area contributed by atoms with E-state index < -0.39 is 0 Å². The Balaban J connectivity index is 0.000000230. The van der Waals surface area contributed by atoms with E-state index in [0.29, 0.717) is 50.7 Å². The average molecular weight is 324 g/mol. The second-order valence-electron chi connectivity index (χ2n) is 4.54. The molecule has 23 heavy (non-hydrogen) atoms. The largest absolute Gasteiger partial charge is 0.379 e. The predicted molar refractivity (Wildman–Crippen MR) is 85.4 cm³/mol. The van der Waals surface area contributed by atoms with Crippen LogP contribution >= 0.6 is 0 Å². The predicted octanol–water partition coefficient (Wildman–Crippen LogP) is 0.585. The summed E-state index contributed by atoms with van der Waals surface area (Å²) in [6.45, 7) is 6.41. The molecule has 0 aromatic heterocycles. The lowest BCUT2D eigenvalue weighted by atomic mass is 10.1. The summed E-state index contributed by atoms with van der Waals surface area (Å²) in [6.07, 6.45) is 0. The maximum Gasteiger partial charge on any atom is 0.258 e. The highest BCUT2D eigenvalue weighted by atomic mass is 16.5. The summed E-state index contributed by atoms with van der Waals surface area (Å²) < 4.78 is 15.4. The number of hydrogen-bond acceptors (Lipinski definition) is 6. The number of ether oxygens (including phenoxy) is 3. The third-order valence-corrected chi connectivity index (χ3v) is 2.85. The quantitative estimate of drug-likeness (QED) is 0.509. The number of carbonyl (C=O) groups is 2. The standard InChI is InChI=1S/C8H19NO3.C8H5NO2/c1-2-10-5-6-12-8-7-11-4-3-9;10-7-5-3-1-2-4-6(5)8(11)9-7/h2-9H2,1H3;1-4H,(H,9,10,11). The van der Waals surface area contributed by atoms with Crippen molar-refractivity contribution < 1.29 is 23.8 Å². The Morgan fingerprint density at radius 2 is 1.35 bits per heavy atom. The molecule has 0 saturated carbocycles. The van der Waals surface area contributed by atoms with Crippen molar-refractivity contribution in [2.24, 2.45) is 5.73 Å². The molecule has 0 bridgehead atoms. The Morgan fingerprint density at radius 3 is 1.83 bits per heavy atom. The SMILES string of the molecule is CCOCCOCCOCCN.O=C1NC(=O)c2ccccc21. The number of benzene rings is 1. The number of nitrogens with one attached hydrogen (secondary N) is 1. The summed E-state index contributed by atoms with van der Waals surface area (Å²) in [5.41, 5.74) is 6.16. The fourth-order valence-corrected chi connectivity index (χ4v) is 1.78. The van der Waals surface area contributed by atoms with Gasteiger partial charge in [-0.3, -0.25) is 14.9 Å². The van der Waals surface area contributed by atoms with E-state index in [1.807, 2.05) is 6.92 Å². The zero-order chi connectivity index (χ0) is 16.9. The first kappa shape index (κ1) is 19.2. The molecule has 7 heteroatoms. The Bertz CT molecular complexity index is 450. The molecule has 0 saturated heterocycles. The third-order valence-electron chi connectivity index (χ3n) is 2.85. The third kappa shape index (κ3) is 7.34. The van der Waals surface area contributed by atoms with Crippen molar-refractivity contribution in [1.29, 1.82) is 0 Å². The molecule has 2 amide bonds. The van der Waals surface area contributed by atoms with Crippen molar-refractivity contribution in [3.63, 3.8) is 0 Å². The summed E-state index contributed by atoms with van der Waals surface area (Å²) >= 11 is 0. The van der Waals surface area contributed by atoms with Crippen LogP contribution in [0, 0.1) is 0 Å². The van der Waals surface area contributed by atoms with Gasteiger partial charge in [0.05, 0.1) is 44.2 Å². The van der Waals surface area contributed by atoms with Crippen LogP contribution in [0.4, 0.5) is 0 Å². The van der Waals surface area contributed by atoms with Crippen LogP contribution in [0.15, 0.2) is 24.3 Å².